The zero-order valence-electron chi connectivity index (χ0n) is 18.5. The number of hydrogen-bond donors (Lipinski definition) is 0. The molecular formula is C25H20BrNO6S2. The van der Waals surface area contributed by atoms with Gasteiger partial charge in [-0.25, -0.2) is 0 Å². The molecule has 0 saturated carbocycles. The van der Waals surface area contributed by atoms with Gasteiger partial charge in [0.2, 0.25) is 0 Å². The van der Waals surface area contributed by atoms with Crippen LogP contribution in [0.4, 0.5) is 4.79 Å². The number of carbonyl (C=O) groups is 2. The molecule has 0 aliphatic carbocycles. The molecule has 3 aromatic carbocycles. The predicted molar refractivity (Wildman–Crippen MR) is 138 cm³/mol. The zero-order valence-corrected chi connectivity index (χ0v) is 21.7. The SMILES string of the molecule is Cc1ccc(OCCN2C(=O)S/C(=C\c3cc(Br)ccc3OS(=O)(=O)c3ccccc3)C2=O)cc1. The molecular weight excluding hydrogens is 554 g/mol. The minimum atomic E-state index is -4.09. The molecule has 0 unspecified atom stereocenters. The normalized spacial score (nSPS) is 15.0. The molecule has 3 aromatic rings. The molecule has 7 nitrogen and oxygen atoms in total. The van der Waals surface area contributed by atoms with Crippen molar-refractivity contribution < 1.29 is 26.9 Å². The maximum absolute atomic E-state index is 12.9. The van der Waals surface area contributed by atoms with Crippen LogP contribution in [0.5, 0.6) is 11.5 Å². The van der Waals surface area contributed by atoms with Crippen molar-refractivity contribution in [3.8, 4) is 11.5 Å². The fourth-order valence-corrected chi connectivity index (χ4v) is 5.39. The molecule has 0 N–H and O–H groups in total. The van der Waals surface area contributed by atoms with Crippen molar-refractivity contribution in [3.05, 3.63) is 93.3 Å². The highest BCUT2D eigenvalue weighted by atomic mass is 79.9. The maximum Gasteiger partial charge on any atom is 0.339 e. The summed E-state index contributed by atoms with van der Waals surface area (Å²) < 4.78 is 37.0. The molecule has 1 aliphatic heterocycles. The van der Waals surface area contributed by atoms with Gasteiger partial charge in [0.05, 0.1) is 11.4 Å². The molecule has 1 saturated heterocycles. The number of imide groups is 1. The van der Waals surface area contributed by atoms with Crippen molar-refractivity contribution in [2.45, 2.75) is 11.8 Å². The van der Waals surface area contributed by atoms with Crippen molar-refractivity contribution in [1.29, 1.82) is 0 Å². The van der Waals surface area contributed by atoms with Gasteiger partial charge in [0, 0.05) is 10.0 Å². The number of halogens is 1. The molecule has 180 valence electrons. The highest BCUT2D eigenvalue weighted by molar-refractivity contribution is 9.10. The van der Waals surface area contributed by atoms with Gasteiger partial charge < -0.3 is 8.92 Å². The van der Waals surface area contributed by atoms with E-state index in [0.717, 1.165) is 22.2 Å². The molecule has 1 heterocycles. The third kappa shape index (κ3) is 6.14. The van der Waals surface area contributed by atoms with Crippen LogP contribution in [0.25, 0.3) is 6.08 Å². The summed E-state index contributed by atoms with van der Waals surface area (Å²) >= 11 is 4.13. The number of thioether (sulfide) groups is 1. The summed E-state index contributed by atoms with van der Waals surface area (Å²) in [6.07, 6.45) is 1.45. The smallest absolute Gasteiger partial charge is 0.339 e. The Balaban J connectivity index is 1.51. The number of rotatable bonds is 8. The summed E-state index contributed by atoms with van der Waals surface area (Å²) in [5.74, 6) is 0.199. The molecule has 35 heavy (non-hydrogen) atoms. The zero-order chi connectivity index (χ0) is 25.0. The summed E-state index contributed by atoms with van der Waals surface area (Å²) in [4.78, 5) is 26.6. The monoisotopic (exact) mass is 573 g/mol. The fraction of sp³-hybridized carbons (Fsp3) is 0.120. The largest absolute Gasteiger partial charge is 0.492 e. The number of ether oxygens (including phenoxy) is 1. The van der Waals surface area contributed by atoms with E-state index in [-0.39, 0.29) is 28.7 Å². The summed E-state index contributed by atoms with van der Waals surface area (Å²) in [6, 6.07) is 19.9. The number of aryl methyl sites for hydroxylation is 1. The molecule has 4 rings (SSSR count). The molecule has 0 bridgehead atoms. The molecule has 0 radical (unpaired) electrons. The first-order chi connectivity index (χ1) is 16.7. The minimum absolute atomic E-state index is 0.00256. The van der Waals surface area contributed by atoms with Gasteiger partial charge in [-0.3, -0.25) is 14.5 Å². The number of carbonyl (C=O) groups excluding carboxylic acids is 2. The van der Waals surface area contributed by atoms with E-state index in [0.29, 0.717) is 15.8 Å². The van der Waals surface area contributed by atoms with E-state index in [1.807, 2.05) is 31.2 Å². The first-order valence-corrected chi connectivity index (χ1v) is 13.5. The van der Waals surface area contributed by atoms with Gasteiger partial charge in [0.1, 0.15) is 23.0 Å². The van der Waals surface area contributed by atoms with E-state index in [1.165, 1.54) is 24.3 Å². The number of hydrogen-bond acceptors (Lipinski definition) is 7. The summed E-state index contributed by atoms with van der Waals surface area (Å²) in [5.41, 5.74) is 1.43. The van der Waals surface area contributed by atoms with Crippen LogP contribution in [0.15, 0.2) is 87.1 Å². The lowest BCUT2D eigenvalue weighted by atomic mass is 10.2. The minimum Gasteiger partial charge on any atom is -0.492 e. The maximum atomic E-state index is 12.9. The lowest BCUT2D eigenvalue weighted by Gasteiger charge is -2.13. The van der Waals surface area contributed by atoms with Crippen LogP contribution in [-0.2, 0) is 14.9 Å². The van der Waals surface area contributed by atoms with E-state index in [1.54, 1.807) is 30.3 Å². The van der Waals surface area contributed by atoms with E-state index in [2.05, 4.69) is 15.9 Å². The van der Waals surface area contributed by atoms with Crippen molar-refractivity contribution in [1.82, 2.24) is 4.90 Å². The average Bonchev–Trinajstić information content (AvgIpc) is 3.10. The van der Waals surface area contributed by atoms with E-state index in [4.69, 9.17) is 8.92 Å². The second-order valence-electron chi connectivity index (χ2n) is 7.53. The number of benzene rings is 3. The standard InChI is InChI=1S/C25H20BrNO6S2/c1-17-7-10-20(11-8-17)32-14-13-27-24(28)23(34-25(27)29)16-18-15-19(26)9-12-22(18)33-35(30,31)21-5-3-2-4-6-21/h2-12,15-16H,13-14H2,1H3/b23-16-. The van der Waals surface area contributed by atoms with Crippen molar-refractivity contribution in [2.75, 3.05) is 13.2 Å². The van der Waals surface area contributed by atoms with Crippen LogP contribution in [0.3, 0.4) is 0 Å². The molecule has 0 aromatic heterocycles. The van der Waals surface area contributed by atoms with Gasteiger partial charge in [-0.05, 0) is 67.2 Å². The predicted octanol–water partition coefficient (Wildman–Crippen LogP) is 5.64. The molecule has 2 amide bonds. The average molecular weight is 574 g/mol. The third-order valence-corrected chi connectivity index (χ3v) is 7.62. The Bertz CT molecular complexity index is 1390. The van der Waals surface area contributed by atoms with Crippen molar-refractivity contribution in [2.24, 2.45) is 0 Å². The van der Waals surface area contributed by atoms with Crippen LogP contribution >= 0.6 is 27.7 Å². The Morgan fingerprint density at radius 3 is 2.43 bits per heavy atom. The van der Waals surface area contributed by atoms with E-state index < -0.39 is 21.3 Å². The number of amides is 2. The second kappa shape index (κ2) is 10.7. The molecule has 0 spiro atoms. The number of nitrogens with zero attached hydrogens (tertiary/aromatic N) is 1. The first kappa shape index (κ1) is 25.0. The summed E-state index contributed by atoms with van der Waals surface area (Å²) in [6.45, 7) is 2.20. The van der Waals surface area contributed by atoms with Crippen molar-refractivity contribution in [3.63, 3.8) is 0 Å². The summed E-state index contributed by atoms with van der Waals surface area (Å²) in [7, 11) is -4.09. The van der Waals surface area contributed by atoms with Gasteiger partial charge in [-0.1, -0.05) is 51.8 Å². The van der Waals surface area contributed by atoms with Crippen molar-refractivity contribution >= 4 is 55.0 Å². The molecule has 1 aliphatic rings. The van der Waals surface area contributed by atoms with Crippen LogP contribution in [0.1, 0.15) is 11.1 Å². The second-order valence-corrected chi connectivity index (χ2v) is 11.0. The molecule has 0 atom stereocenters. The highest BCUT2D eigenvalue weighted by Crippen LogP contribution is 2.35. The Morgan fingerprint density at radius 2 is 1.71 bits per heavy atom. The van der Waals surface area contributed by atoms with Crippen LogP contribution in [0.2, 0.25) is 0 Å². The lowest BCUT2D eigenvalue weighted by molar-refractivity contribution is -0.123. The Morgan fingerprint density at radius 1 is 1.00 bits per heavy atom. The van der Waals surface area contributed by atoms with Gasteiger partial charge in [0.25, 0.3) is 11.1 Å². The lowest BCUT2D eigenvalue weighted by Crippen LogP contribution is -2.32. The third-order valence-electron chi connectivity index (χ3n) is 4.97. The first-order valence-electron chi connectivity index (χ1n) is 10.5. The van der Waals surface area contributed by atoms with Crippen LogP contribution in [-0.4, -0.2) is 37.6 Å². The fourth-order valence-electron chi connectivity index (χ4n) is 3.18. The Hall–Kier alpha value is -3.08. The van der Waals surface area contributed by atoms with E-state index in [9.17, 15) is 18.0 Å². The van der Waals surface area contributed by atoms with Gasteiger partial charge in [-0.15, -0.1) is 0 Å². The van der Waals surface area contributed by atoms with Gasteiger partial charge in [-0.2, -0.15) is 8.42 Å². The van der Waals surface area contributed by atoms with Gasteiger partial charge >= 0.3 is 10.1 Å². The van der Waals surface area contributed by atoms with Gasteiger partial charge in [0.15, 0.2) is 0 Å². The van der Waals surface area contributed by atoms with Crippen LogP contribution < -0.4 is 8.92 Å². The quantitative estimate of drug-likeness (QED) is 0.254. The summed E-state index contributed by atoms with van der Waals surface area (Å²) in [5, 5.41) is -0.428. The molecule has 1 fully saturated rings. The Labute approximate surface area is 216 Å². The van der Waals surface area contributed by atoms with Crippen LogP contribution in [0, 0.1) is 6.92 Å². The Kier molecular flexibility index (Phi) is 7.63. The van der Waals surface area contributed by atoms with E-state index >= 15 is 0 Å². The highest BCUT2D eigenvalue weighted by Gasteiger charge is 2.35. The molecule has 10 heteroatoms. The topological polar surface area (TPSA) is 90.0 Å².